The molecule has 0 aromatic heterocycles. The smallest absolute Gasteiger partial charge is 0.744 e. The molecule has 0 fully saturated rings. The summed E-state index contributed by atoms with van der Waals surface area (Å²) in [7, 11) is -8.23. The van der Waals surface area contributed by atoms with Crippen LogP contribution in [0.3, 0.4) is 0 Å². The summed E-state index contributed by atoms with van der Waals surface area (Å²) in [5, 5.41) is 0.458. The maximum absolute atomic E-state index is 12.3. The molecule has 0 saturated carbocycles. The number of nitrogens with one attached hydrogen (secondary N) is 1. The van der Waals surface area contributed by atoms with Crippen LogP contribution in [0.5, 0.6) is 0 Å². The van der Waals surface area contributed by atoms with Crippen LogP contribution in [-0.4, -0.2) is 27.9 Å². The molecular weight excluding hydrogens is 493 g/mol. The predicted octanol–water partition coefficient (Wildman–Crippen LogP) is 1.78. The first-order valence-electron chi connectivity index (χ1n) is 10.3. The second kappa shape index (κ2) is 11.6. The summed E-state index contributed by atoms with van der Waals surface area (Å²) in [6, 6.07) is 14.7. The molecule has 0 amide bonds. The van der Waals surface area contributed by atoms with Crippen molar-refractivity contribution < 1.29 is 50.9 Å². The predicted molar refractivity (Wildman–Crippen MR) is 125 cm³/mol. The minimum Gasteiger partial charge on any atom is -0.744 e. The van der Waals surface area contributed by atoms with E-state index in [1.807, 2.05) is 32.0 Å². The maximum atomic E-state index is 12.3. The van der Waals surface area contributed by atoms with Gasteiger partial charge in [-0.1, -0.05) is 49.7 Å². The molecule has 0 bridgehead atoms. The Morgan fingerprint density at radius 3 is 2.09 bits per heavy atom. The molecule has 0 unspecified atom stereocenters. The van der Waals surface area contributed by atoms with Gasteiger partial charge >= 0.3 is 29.6 Å². The number of hydrogen-bond acceptors (Lipinski definition) is 5. The van der Waals surface area contributed by atoms with Gasteiger partial charge in [0.05, 0.1) is 9.79 Å². The molecule has 0 radical (unpaired) electrons. The van der Waals surface area contributed by atoms with Crippen molar-refractivity contribution in [3.05, 3.63) is 70.7 Å². The van der Waals surface area contributed by atoms with Crippen LogP contribution >= 0.6 is 11.6 Å². The van der Waals surface area contributed by atoms with Crippen LogP contribution in [0.1, 0.15) is 43.7 Å². The van der Waals surface area contributed by atoms with Crippen molar-refractivity contribution in [1.82, 2.24) is 4.72 Å². The number of unbranched alkanes of at least 4 members (excludes halogenated alkanes) is 1. The first kappa shape index (κ1) is 28.3. The number of fused-ring (bicyclic) bond motifs is 1. The van der Waals surface area contributed by atoms with E-state index in [2.05, 4.69) is 4.72 Å². The van der Waals surface area contributed by atoms with Crippen LogP contribution < -0.4 is 34.3 Å². The Labute approximate surface area is 223 Å². The van der Waals surface area contributed by atoms with Crippen molar-refractivity contribution in [1.29, 1.82) is 0 Å². The molecule has 0 spiro atoms. The van der Waals surface area contributed by atoms with E-state index < -0.39 is 20.1 Å². The van der Waals surface area contributed by atoms with Crippen LogP contribution in [0.2, 0.25) is 5.02 Å². The van der Waals surface area contributed by atoms with Gasteiger partial charge in [0.1, 0.15) is 10.1 Å². The maximum Gasteiger partial charge on any atom is 1.00 e. The first-order valence-corrected chi connectivity index (χ1v) is 13.5. The Hall–Kier alpha value is -0.970. The van der Waals surface area contributed by atoms with Crippen molar-refractivity contribution >= 4 is 31.7 Å². The number of sulfonamides is 1. The first-order chi connectivity index (χ1) is 15.0. The van der Waals surface area contributed by atoms with Gasteiger partial charge in [0.25, 0.3) is 0 Å². The molecule has 1 aromatic rings. The minimum atomic E-state index is -4.61. The Balaban J connectivity index is 0.00000385. The quantitative estimate of drug-likeness (QED) is 0.265. The van der Waals surface area contributed by atoms with Gasteiger partial charge in [0, 0.05) is 11.6 Å². The molecule has 2 aliphatic rings. The molecule has 1 aromatic carbocycles. The third-order valence-electron chi connectivity index (χ3n) is 5.32. The fourth-order valence-electron chi connectivity index (χ4n) is 3.55. The zero-order valence-electron chi connectivity index (χ0n) is 18.8. The Bertz CT molecular complexity index is 1280. The summed E-state index contributed by atoms with van der Waals surface area (Å²) in [6.45, 7) is 4.32. The normalized spacial score (nSPS) is 12.2. The van der Waals surface area contributed by atoms with E-state index in [0.29, 0.717) is 29.8 Å². The third kappa shape index (κ3) is 7.26. The molecule has 1 N–H and O–H groups in total. The zero-order chi connectivity index (χ0) is 23.5. The summed E-state index contributed by atoms with van der Waals surface area (Å²) >= 11 is 5.80. The zero-order valence-corrected chi connectivity index (χ0v) is 23.2. The van der Waals surface area contributed by atoms with Gasteiger partial charge in [0.2, 0.25) is 10.0 Å². The van der Waals surface area contributed by atoms with Crippen molar-refractivity contribution in [2.24, 2.45) is 0 Å². The summed E-state index contributed by atoms with van der Waals surface area (Å²) in [5.41, 5.74) is 2.96. The molecule has 0 saturated heterocycles. The molecule has 3 rings (SSSR count). The van der Waals surface area contributed by atoms with E-state index in [1.54, 1.807) is 6.07 Å². The van der Waals surface area contributed by atoms with Crippen LogP contribution in [0, 0.1) is 0 Å². The molecule has 6 nitrogen and oxygen atoms in total. The van der Waals surface area contributed by atoms with Crippen LogP contribution in [-0.2, 0) is 26.6 Å². The SMILES string of the molecule is CC(C)c1ccc2c(CCCCNS(=O)(=O)c3ccc(Cl)cc3)cc(S(=O)(=O)[O-])c-2cc1.[Na+]. The minimum absolute atomic E-state index is 0. The Morgan fingerprint density at radius 2 is 1.52 bits per heavy atom. The van der Waals surface area contributed by atoms with Crippen LogP contribution in [0.15, 0.2) is 64.4 Å². The number of rotatable bonds is 9. The second-order valence-corrected chi connectivity index (χ2v) is 11.5. The average molecular weight is 518 g/mol. The topological polar surface area (TPSA) is 103 Å². The van der Waals surface area contributed by atoms with Gasteiger partial charge in [-0.2, -0.15) is 0 Å². The van der Waals surface area contributed by atoms with Gasteiger partial charge < -0.3 is 4.55 Å². The standard InChI is InChI=1S/C23H26ClNO5S2.Na/c1-16(2)17-6-12-21-18(15-23(32(28,29)30)22(21)13-7-17)5-3-4-14-25-31(26,27)20-10-8-19(24)9-11-20;/h6-13,15-16,25H,3-5,14H2,1-2H3,(H,28,29,30);/q;+1/p-1. The number of benzene rings is 1. The van der Waals surface area contributed by atoms with E-state index in [4.69, 9.17) is 11.6 Å². The van der Waals surface area contributed by atoms with Gasteiger partial charge in [-0.15, -0.1) is 0 Å². The Morgan fingerprint density at radius 1 is 0.909 bits per heavy atom. The molecule has 172 valence electrons. The second-order valence-electron chi connectivity index (χ2n) is 7.95. The van der Waals surface area contributed by atoms with Crippen LogP contribution in [0.4, 0.5) is 0 Å². The summed E-state index contributed by atoms with van der Waals surface area (Å²) in [6.07, 6.45) is 1.70. The van der Waals surface area contributed by atoms with E-state index in [9.17, 15) is 21.4 Å². The van der Waals surface area contributed by atoms with E-state index in [1.165, 1.54) is 30.3 Å². The largest absolute Gasteiger partial charge is 1.00 e. The Kier molecular flexibility index (Phi) is 9.97. The van der Waals surface area contributed by atoms with E-state index >= 15 is 0 Å². The van der Waals surface area contributed by atoms with Crippen molar-refractivity contribution in [2.75, 3.05) is 6.54 Å². The molecule has 0 atom stereocenters. The molecule has 33 heavy (non-hydrogen) atoms. The van der Waals surface area contributed by atoms with Gasteiger partial charge in [-0.25, -0.2) is 21.6 Å². The van der Waals surface area contributed by atoms with Crippen molar-refractivity contribution in [2.45, 2.75) is 48.8 Å². The molecule has 2 aliphatic carbocycles. The van der Waals surface area contributed by atoms with E-state index in [0.717, 1.165) is 16.7 Å². The monoisotopic (exact) mass is 517 g/mol. The van der Waals surface area contributed by atoms with E-state index in [-0.39, 0.29) is 51.8 Å². The van der Waals surface area contributed by atoms with Gasteiger partial charge in [-0.3, -0.25) is 0 Å². The summed E-state index contributed by atoms with van der Waals surface area (Å²) in [5.74, 6) is 0.260. The number of hydrogen-bond donors (Lipinski definition) is 1. The summed E-state index contributed by atoms with van der Waals surface area (Å²) < 4.78 is 62.6. The van der Waals surface area contributed by atoms with Gasteiger partial charge in [0.15, 0.2) is 0 Å². The third-order valence-corrected chi connectivity index (χ3v) is 7.92. The fourth-order valence-corrected chi connectivity index (χ4v) is 5.48. The van der Waals surface area contributed by atoms with Crippen molar-refractivity contribution in [3.8, 4) is 11.1 Å². The molecule has 0 aliphatic heterocycles. The van der Waals surface area contributed by atoms with Crippen molar-refractivity contribution in [3.63, 3.8) is 0 Å². The fraction of sp³-hybridized carbons (Fsp3) is 0.304. The number of halogens is 1. The van der Waals surface area contributed by atoms with Crippen LogP contribution in [0.25, 0.3) is 11.1 Å². The summed E-state index contributed by atoms with van der Waals surface area (Å²) in [4.78, 5) is -0.0699. The van der Waals surface area contributed by atoms with Gasteiger partial charge in [-0.05, 0) is 77.8 Å². The number of aryl methyl sites for hydroxylation is 1. The molecule has 0 heterocycles. The average Bonchev–Trinajstić information content (AvgIpc) is 2.91. The molecular formula is C23H25ClNNaO5S2. The molecule has 10 heteroatoms.